The van der Waals surface area contributed by atoms with Crippen molar-refractivity contribution in [1.82, 2.24) is 0 Å². The highest BCUT2D eigenvalue weighted by Gasteiger charge is 2.25. The third-order valence-corrected chi connectivity index (χ3v) is 3.46. The molecular weight excluding hydrogens is 296 g/mol. The largest absolute Gasteiger partial charge is 0.474 e. The minimum atomic E-state index is -3.58. The molecule has 0 saturated carbocycles. The number of nitrogens with zero attached hydrogens (tertiary/aromatic N) is 1. The van der Waals surface area contributed by atoms with E-state index in [0.717, 1.165) is 11.8 Å². The van der Waals surface area contributed by atoms with Gasteiger partial charge >= 0.3 is 7.82 Å². The van der Waals surface area contributed by atoms with Gasteiger partial charge in [-0.05, 0) is 11.8 Å². The zero-order valence-corrected chi connectivity index (χ0v) is 11.7. The molecule has 0 aliphatic rings. The maximum Gasteiger partial charge on any atom is 0.474 e. The molecule has 0 saturated heterocycles. The van der Waals surface area contributed by atoms with E-state index >= 15 is 0 Å². The summed E-state index contributed by atoms with van der Waals surface area (Å²) in [6.45, 7) is 0.221. The number of phosphoric ester groups is 1. The fourth-order valence-corrected chi connectivity index (χ4v) is 2.56. The predicted octanol–water partition coefficient (Wildman–Crippen LogP) is 2.84. The normalized spacial score (nSPS) is 11.3. The summed E-state index contributed by atoms with van der Waals surface area (Å²) < 4.78 is 26.6. The summed E-state index contributed by atoms with van der Waals surface area (Å²) in [6, 6.07) is 0. The van der Waals surface area contributed by atoms with Gasteiger partial charge in [-0.1, -0.05) is 0 Å². The van der Waals surface area contributed by atoms with Gasteiger partial charge in [0.05, 0.1) is 19.8 Å². The molecule has 0 aliphatic carbocycles. The zero-order valence-electron chi connectivity index (χ0n) is 8.43. The number of phosphoric acid groups is 1. The van der Waals surface area contributed by atoms with Crippen molar-refractivity contribution in [2.24, 2.45) is 0 Å². The maximum atomic E-state index is 11.8. The van der Waals surface area contributed by atoms with E-state index in [-0.39, 0.29) is 31.6 Å². The van der Waals surface area contributed by atoms with E-state index in [1.165, 1.54) is 0 Å². The first kappa shape index (κ1) is 16.5. The molecule has 0 bridgehead atoms. The molecular formula is C7H12Cl2NO4PS. The topological polar surface area (TPSA) is 68.5 Å². The van der Waals surface area contributed by atoms with Gasteiger partial charge in [0, 0.05) is 17.5 Å². The Balaban J connectivity index is 3.98. The van der Waals surface area contributed by atoms with Gasteiger partial charge < -0.3 is 0 Å². The van der Waals surface area contributed by atoms with E-state index in [4.69, 9.17) is 42.0 Å². The molecule has 0 aromatic carbocycles. The van der Waals surface area contributed by atoms with Crippen LogP contribution in [-0.4, -0.2) is 37.3 Å². The van der Waals surface area contributed by atoms with Gasteiger partial charge in [-0.2, -0.15) is 5.26 Å². The molecule has 0 radical (unpaired) electrons. The van der Waals surface area contributed by atoms with E-state index in [0.29, 0.717) is 5.75 Å². The number of hydrogen-bond donors (Lipinski definition) is 0. The van der Waals surface area contributed by atoms with Crippen LogP contribution in [0.3, 0.4) is 0 Å². The van der Waals surface area contributed by atoms with Crippen molar-refractivity contribution in [3.8, 4) is 5.40 Å². The van der Waals surface area contributed by atoms with E-state index in [2.05, 4.69) is 0 Å². The SMILES string of the molecule is N#CSCCOP(=O)(OCCCl)OCCCl. The highest BCUT2D eigenvalue weighted by atomic mass is 35.5. The first-order chi connectivity index (χ1) is 7.68. The average Bonchev–Trinajstić information content (AvgIpc) is 2.30. The van der Waals surface area contributed by atoms with Crippen LogP contribution in [0.2, 0.25) is 0 Å². The maximum absolute atomic E-state index is 11.8. The monoisotopic (exact) mass is 307 g/mol. The van der Waals surface area contributed by atoms with E-state index in [9.17, 15) is 4.57 Å². The van der Waals surface area contributed by atoms with Crippen LogP contribution in [0.1, 0.15) is 0 Å². The Morgan fingerprint density at radius 3 is 2.06 bits per heavy atom. The van der Waals surface area contributed by atoms with Gasteiger partial charge in [0.25, 0.3) is 0 Å². The van der Waals surface area contributed by atoms with Crippen molar-refractivity contribution < 1.29 is 18.1 Å². The number of thiocyanates is 1. The number of nitriles is 1. The Kier molecular flexibility index (Phi) is 11.0. The number of rotatable bonds is 10. The summed E-state index contributed by atoms with van der Waals surface area (Å²) >= 11 is 11.8. The van der Waals surface area contributed by atoms with Crippen molar-refractivity contribution in [2.75, 3.05) is 37.3 Å². The number of alkyl halides is 2. The van der Waals surface area contributed by atoms with E-state index < -0.39 is 7.82 Å². The fourth-order valence-electron chi connectivity index (χ4n) is 0.641. The minimum Gasteiger partial charge on any atom is -0.286 e. The molecule has 0 amide bonds. The van der Waals surface area contributed by atoms with Gasteiger partial charge in [0.2, 0.25) is 0 Å². The highest BCUT2D eigenvalue weighted by molar-refractivity contribution is 8.03. The molecule has 16 heavy (non-hydrogen) atoms. The molecule has 0 spiro atoms. The molecule has 5 nitrogen and oxygen atoms in total. The molecule has 0 aromatic heterocycles. The van der Waals surface area contributed by atoms with Crippen LogP contribution in [0.5, 0.6) is 0 Å². The van der Waals surface area contributed by atoms with Crippen molar-refractivity contribution in [3.05, 3.63) is 0 Å². The lowest BCUT2D eigenvalue weighted by atomic mass is 10.9. The van der Waals surface area contributed by atoms with Crippen LogP contribution in [0.4, 0.5) is 0 Å². The van der Waals surface area contributed by atoms with Crippen LogP contribution in [0.25, 0.3) is 0 Å². The Labute approximate surface area is 109 Å². The second-order valence-corrected chi connectivity index (χ2v) is 5.57. The van der Waals surface area contributed by atoms with E-state index in [1.807, 2.05) is 5.40 Å². The Bertz CT molecular complexity index is 251. The number of hydrogen-bond acceptors (Lipinski definition) is 6. The van der Waals surface area contributed by atoms with Gasteiger partial charge in [-0.25, -0.2) is 4.57 Å². The Hall–Kier alpha value is 0.530. The predicted molar refractivity (Wildman–Crippen MR) is 65.0 cm³/mol. The molecule has 0 aliphatic heterocycles. The van der Waals surface area contributed by atoms with Crippen molar-refractivity contribution in [1.29, 1.82) is 5.26 Å². The molecule has 0 unspecified atom stereocenters. The van der Waals surface area contributed by atoms with Crippen molar-refractivity contribution in [2.45, 2.75) is 0 Å². The van der Waals surface area contributed by atoms with Gasteiger partial charge in [-0.15, -0.1) is 23.2 Å². The standard InChI is InChI=1S/C7H12Cl2NO4PS/c8-1-3-12-15(11,13-4-2-9)14-5-6-16-7-10/h1-6H2. The quantitative estimate of drug-likeness (QED) is 0.267. The van der Waals surface area contributed by atoms with Crippen molar-refractivity contribution in [3.63, 3.8) is 0 Å². The third-order valence-electron chi connectivity index (χ3n) is 1.15. The summed E-state index contributed by atoms with van der Waals surface area (Å²) in [6.07, 6.45) is 0. The lowest BCUT2D eigenvalue weighted by Crippen LogP contribution is -2.05. The van der Waals surface area contributed by atoms with Gasteiger partial charge in [0.1, 0.15) is 5.40 Å². The fraction of sp³-hybridized carbons (Fsp3) is 0.857. The molecule has 0 N–H and O–H groups in total. The van der Waals surface area contributed by atoms with Crippen LogP contribution in [-0.2, 0) is 18.1 Å². The van der Waals surface area contributed by atoms with Crippen LogP contribution in [0, 0.1) is 10.7 Å². The lowest BCUT2D eigenvalue weighted by molar-refractivity contribution is 0.128. The van der Waals surface area contributed by atoms with Crippen LogP contribution < -0.4 is 0 Å². The molecule has 0 fully saturated rings. The van der Waals surface area contributed by atoms with Crippen LogP contribution >= 0.6 is 42.8 Å². The Morgan fingerprint density at radius 1 is 1.12 bits per heavy atom. The zero-order chi connectivity index (χ0) is 12.3. The molecule has 0 atom stereocenters. The summed E-state index contributed by atoms with van der Waals surface area (Å²) in [4.78, 5) is 0. The first-order valence-electron chi connectivity index (χ1n) is 4.35. The minimum absolute atomic E-state index is 0.0620. The lowest BCUT2D eigenvalue weighted by Gasteiger charge is -2.16. The second-order valence-electron chi connectivity index (χ2n) is 2.26. The highest BCUT2D eigenvalue weighted by Crippen LogP contribution is 2.49. The molecule has 0 heterocycles. The van der Waals surface area contributed by atoms with E-state index in [1.54, 1.807) is 0 Å². The molecule has 94 valence electrons. The molecule has 9 heteroatoms. The van der Waals surface area contributed by atoms with Crippen LogP contribution in [0.15, 0.2) is 0 Å². The average molecular weight is 308 g/mol. The third kappa shape index (κ3) is 8.66. The summed E-state index contributed by atoms with van der Waals surface area (Å²) in [7, 11) is -3.58. The summed E-state index contributed by atoms with van der Waals surface area (Å²) in [5.74, 6) is 0.754. The smallest absolute Gasteiger partial charge is 0.286 e. The second kappa shape index (κ2) is 10.7. The molecule has 0 rings (SSSR count). The van der Waals surface area contributed by atoms with Gasteiger partial charge in [0.15, 0.2) is 0 Å². The summed E-state index contributed by atoms with van der Waals surface area (Å²) in [5, 5.41) is 10.1. The first-order valence-corrected chi connectivity index (χ1v) is 7.86. The van der Waals surface area contributed by atoms with Crippen molar-refractivity contribution >= 4 is 42.8 Å². The Morgan fingerprint density at radius 2 is 1.62 bits per heavy atom. The number of thioether (sulfide) groups is 1. The number of halogens is 2. The summed E-state index contributed by atoms with van der Waals surface area (Å²) in [5.41, 5.74) is 0. The van der Waals surface area contributed by atoms with Gasteiger partial charge in [-0.3, -0.25) is 13.6 Å². The molecule has 0 aromatic rings.